The van der Waals surface area contributed by atoms with Gasteiger partial charge in [-0.1, -0.05) is 6.42 Å². The van der Waals surface area contributed by atoms with Crippen LogP contribution in [-0.2, 0) is 0 Å². The summed E-state index contributed by atoms with van der Waals surface area (Å²) >= 11 is 5.30. The fourth-order valence-electron chi connectivity index (χ4n) is 4.04. The van der Waals surface area contributed by atoms with E-state index in [-0.39, 0.29) is 11.7 Å². The standard InChI is InChI=1S/C22H20FN3O3S/c23-14-4-7-16(8-5-14)26-17(13-24-21(26)30)20(27)25-15-6-9-18-19(12-15)29-22(28-18)10-2-1-3-11-22/h4-9,12-13H,1-3,10-11H2,(H,24,30)(H,25,27). The van der Waals surface area contributed by atoms with Crippen LogP contribution in [0, 0.1) is 10.6 Å². The van der Waals surface area contributed by atoms with E-state index in [0.29, 0.717) is 33.3 Å². The van der Waals surface area contributed by atoms with Gasteiger partial charge in [0.05, 0.1) is 0 Å². The number of imidazole rings is 1. The predicted molar refractivity (Wildman–Crippen MR) is 112 cm³/mol. The Balaban J connectivity index is 1.38. The third-order valence-electron chi connectivity index (χ3n) is 5.50. The minimum atomic E-state index is -0.563. The average molecular weight is 425 g/mol. The SMILES string of the molecule is O=C(Nc1ccc2c(c1)OC1(CCCCC1)O2)c1c[nH]c(=S)n1-c1ccc(F)cc1. The molecule has 5 rings (SSSR count). The van der Waals surface area contributed by atoms with Crippen molar-refractivity contribution in [2.45, 2.75) is 37.9 Å². The van der Waals surface area contributed by atoms with Gasteiger partial charge in [-0.15, -0.1) is 0 Å². The molecule has 1 aliphatic heterocycles. The minimum Gasteiger partial charge on any atom is -0.448 e. The zero-order chi connectivity index (χ0) is 20.7. The Morgan fingerprint density at radius 3 is 2.57 bits per heavy atom. The van der Waals surface area contributed by atoms with Gasteiger partial charge in [0.15, 0.2) is 16.3 Å². The molecule has 1 amide bonds. The molecule has 2 N–H and O–H groups in total. The molecule has 30 heavy (non-hydrogen) atoms. The maximum Gasteiger partial charge on any atom is 0.274 e. The van der Waals surface area contributed by atoms with Crippen LogP contribution in [0.1, 0.15) is 42.6 Å². The summed E-state index contributed by atoms with van der Waals surface area (Å²) < 4.78 is 27.4. The highest BCUT2D eigenvalue weighted by molar-refractivity contribution is 7.71. The van der Waals surface area contributed by atoms with E-state index >= 15 is 0 Å². The molecule has 2 heterocycles. The first kappa shape index (κ1) is 18.9. The van der Waals surface area contributed by atoms with Crippen molar-refractivity contribution in [2.75, 3.05) is 5.32 Å². The highest BCUT2D eigenvalue weighted by atomic mass is 32.1. The third-order valence-corrected chi connectivity index (χ3v) is 5.80. The molecule has 2 aromatic carbocycles. The summed E-state index contributed by atoms with van der Waals surface area (Å²) in [5, 5.41) is 2.88. The average Bonchev–Trinajstić information content (AvgIpc) is 3.29. The van der Waals surface area contributed by atoms with E-state index in [1.54, 1.807) is 28.8 Å². The van der Waals surface area contributed by atoms with Crippen molar-refractivity contribution in [1.82, 2.24) is 9.55 Å². The van der Waals surface area contributed by atoms with Crippen LogP contribution in [0.25, 0.3) is 5.69 Å². The number of nitrogens with zero attached hydrogens (tertiary/aromatic N) is 1. The summed E-state index contributed by atoms with van der Waals surface area (Å²) in [4.78, 5) is 15.8. The topological polar surface area (TPSA) is 68.3 Å². The molecule has 3 aromatic rings. The first-order chi connectivity index (χ1) is 14.5. The van der Waals surface area contributed by atoms with Gasteiger partial charge < -0.3 is 19.8 Å². The second kappa shape index (κ2) is 7.28. The second-order valence-electron chi connectivity index (χ2n) is 7.58. The normalized spacial score (nSPS) is 16.6. The summed E-state index contributed by atoms with van der Waals surface area (Å²) in [7, 11) is 0. The van der Waals surface area contributed by atoms with E-state index in [1.165, 1.54) is 24.8 Å². The van der Waals surface area contributed by atoms with Crippen LogP contribution in [0.15, 0.2) is 48.7 Å². The van der Waals surface area contributed by atoms with E-state index in [2.05, 4.69) is 10.3 Å². The zero-order valence-corrected chi connectivity index (χ0v) is 16.9. The maximum absolute atomic E-state index is 13.3. The molecule has 1 aromatic heterocycles. The number of fused-ring (bicyclic) bond motifs is 1. The van der Waals surface area contributed by atoms with Crippen LogP contribution in [0.4, 0.5) is 10.1 Å². The van der Waals surface area contributed by atoms with Crippen molar-refractivity contribution in [3.05, 3.63) is 64.9 Å². The lowest BCUT2D eigenvalue weighted by Gasteiger charge is -2.31. The van der Waals surface area contributed by atoms with Gasteiger partial charge in [-0.3, -0.25) is 9.36 Å². The number of nitrogens with one attached hydrogen (secondary N) is 2. The Kier molecular flexibility index (Phi) is 4.58. The molecule has 2 aliphatic rings. The number of carbonyl (C=O) groups excluding carboxylic acids is 1. The van der Waals surface area contributed by atoms with E-state index < -0.39 is 5.79 Å². The van der Waals surface area contributed by atoms with Crippen LogP contribution in [-0.4, -0.2) is 21.2 Å². The monoisotopic (exact) mass is 425 g/mol. The largest absolute Gasteiger partial charge is 0.448 e. The van der Waals surface area contributed by atoms with Crippen molar-refractivity contribution in [1.29, 1.82) is 0 Å². The van der Waals surface area contributed by atoms with Gasteiger partial charge in [0, 0.05) is 36.5 Å². The van der Waals surface area contributed by atoms with Crippen LogP contribution < -0.4 is 14.8 Å². The predicted octanol–water partition coefficient (Wildman–Crippen LogP) is 5.36. The number of carbonyl (C=O) groups is 1. The molecular weight excluding hydrogens is 405 g/mol. The number of aromatic nitrogens is 2. The van der Waals surface area contributed by atoms with Gasteiger partial charge >= 0.3 is 0 Å². The summed E-state index contributed by atoms with van der Waals surface area (Å²) in [5.74, 6) is 0.0675. The lowest BCUT2D eigenvalue weighted by Crippen LogP contribution is -2.40. The van der Waals surface area contributed by atoms with E-state index in [0.717, 1.165) is 25.7 Å². The quantitative estimate of drug-likeness (QED) is 0.555. The van der Waals surface area contributed by atoms with Crippen LogP contribution in [0.2, 0.25) is 0 Å². The van der Waals surface area contributed by atoms with E-state index in [1.807, 2.05) is 6.07 Å². The summed E-state index contributed by atoms with van der Waals surface area (Å²) in [6, 6.07) is 11.2. The number of rotatable bonds is 3. The number of H-pyrrole nitrogens is 1. The van der Waals surface area contributed by atoms with E-state index in [9.17, 15) is 9.18 Å². The van der Waals surface area contributed by atoms with Crippen LogP contribution in [0.5, 0.6) is 11.5 Å². The number of anilines is 1. The number of ether oxygens (including phenoxy) is 2. The Bertz CT molecular complexity index is 1160. The fraction of sp³-hybridized carbons (Fsp3) is 0.273. The zero-order valence-electron chi connectivity index (χ0n) is 16.1. The molecule has 154 valence electrons. The lowest BCUT2D eigenvalue weighted by atomic mass is 9.94. The maximum atomic E-state index is 13.3. The van der Waals surface area contributed by atoms with Crippen molar-refractivity contribution in [3.8, 4) is 17.2 Å². The molecule has 6 nitrogen and oxygen atoms in total. The minimum absolute atomic E-state index is 0.313. The Morgan fingerprint density at radius 1 is 1.07 bits per heavy atom. The lowest BCUT2D eigenvalue weighted by molar-refractivity contribution is -0.105. The van der Waals surface area contributed by atoms with Gasteiger partial charge in [0.25, 0.3) is 11.7 Å². The first-order valence-electron chi connectivity index (χ1n) is 9.93. The van der Waals surface area contributed by atoms with Gasteiger partial charge in [0.1, 0.15) is 11.5 Å². The molecule has 0 saturated heterocycles. The Labute approximate surface area is 177 Å². The molecule has 0 unspecified atom stereocenters. The summed E-state index contributed by atoms with van der Waals surface area (Å²) in [6.45, 7) is 0. The Morgan fingerprint density at radius 2 is 1.80 bits per heavy atom. The molecule has 0 atom stereocenters. The number of hydrogen-bond donors (Lipinski definition) is 2. The van der Waals surface area contributed by atoms with Gasteiger partial charge in [-0.05, 0) is 61.5 Å². The van der Waals surface area contributed by atoms with Gasteiger partial charge in [-0.25, -0.2) is 4.39 Å². The molecule has 8 heteroatoms. The smallest absolute Gasteiger partial charge is 0.274 e. The van der Waals surface area contributed by atoms with Crippen molar-refractivity contribution in [3.63, 3.8) is 0 Å². The number of aromatic amines is 1. The Hall–Kier alpha value is -3.13. The van der Waals surface area contributed by atoms with Gasteiger partial charge in [0.2, 0.25) is 0 Å². The molecule has 0 bridgehead atoms. The molecule has 1 aliphatic carbocycles. The summed E-state index contributed by atoms with van der Waals surface area (Å²) in [5.41, 5.74) is 1.50. The number of benzene rings is 2. The van der Waals surface area contributed by atoms with Crippen molar-refractivity contribution < 1.29 is 18.7 Å². The van der Waals surface area contributed by atoms with Crippen LogP contribution >= 0.6 is 12.2 Å². The molecule has 1 saturated carbocycles. The number of hydrogen-bond acceptors (Lipinski definition) is 4. The molecule has 0 radical (unpaired) electrons. The third kappa shape index (κ3) is 3.37. The second-order valence-corrected chi connectivity index (χ2v) is 7.97. The highest BCUT2D eigenvalue weighted by Crippen LogP contribution is 2.46. The van der Waals surface area contributed by atoms with Crippen molar-refractivity contribution >= 4 is 23.8 Å². The summed E-state index contributed by atoms with van der Waals surface area (Å²) in [6.07, 6.45) is 6.63. The molecule has 1 fully saturated rings. The molecular formula is C22H20FN3O3S. The van der Waals surface area contributed by atoms with Crippen LogP contribution in [0.3, 0.4) is 0 Å². The number of halogens is 1. The first-order valence-corrected chi connectivity index (χ1v) is 10.3. The molecule has 1 spiro atoms. The van der Waals surface area contributed by atoms with Crippen molar-refractivity contribution in [2.24, 2.45) is 0 Å². The van der Waals surface area contributed by atoms with E-state index in [4.69, 9.17) is 21.7 Å². The number of amides is 1. The highest BCUT2D eigenvalue weighted by Gasteiger charge is 2.42. The fourth-order valence-corrected chi connectivity index (χ4v) is 4.31. The van der Waals surface area contributed by atoms with Gasteiger partial charge in [-0.2, -0.15) is 0 Å².